The predicted molar refractivity (Wildman–Crippen MR) is 97.5 cm³/mol. The van der Waals surface area contributed by atoms with Crippen LogP contribution in [0.3, 0.4) is 0 Å². The lowest BCUT2D eigenvalue weighted by molar-refractivity contribution is 0.221. The number of hydrogen-bond acceptors (Lipinski definition) is 4. The van der Waals surface area contributed by atoms with Crippen molar-refractivity contribution in [1.29, 1.82) is 0 Å². The first-order valence-electron chi connectivity index (χ1n) is 7.26. The molecule has 3 nitrogen and oxygen atoms in total. The van der Waals surface area contributed by atoms with Crippen LogP contribution < -0.4 is 10.5 Å². The van der Waals surface area contributed by atoms with E-state index in [1.165, 1.54) is 12.2 Å². The second kappa shape index (κ2) is 10.0. The number of thiocarbonyl (C=S) groups is 1. The van der Waals surface area contributed by atoms with Gasteiger partial charge in [-0.15, -0.1) is 0 Å². The fourth-order valence-corrected chi connectivity index (χ4v) is 2.66. The van der Waals surface area contributed by atoms with E-state index in [1.807, 2.05) is 36.0 Å². The van der Waals surface area contributed by atoms with Crippen molar-refractivity contribution in [2.24, 2.45) is 5.73 Å². The van der Waals surface area contributed by atoms with E-state index < -0.39 is 0 Å². The van der Waals surface area contributed by atoms with Gasteiger partial charge in [-0.25, -0.2) is 0 Å². The minimum atomic E-state index is 0.419. The highest BCUT2D eigenvalue weighted by Crippen LogP contribution is 2.13. The van der Waals surface area contributed by atoms with Crippen molar-refractivity contribution in [1.82, 2.24) is 4.90 Å². The van der Waals surface area contributed by atoms with Gasteiger partial charge in [-0.05, 0) is 63.1 Å². The molecule has 5 heteroatoms. The van der Waals surface area contributed by atoms with Crippen molar-refractivity contribution in [3.05, 3.63) is 29.8 Å². The topological polar surface area (TPSA) is 38.5 Å². The standard InChI is InChI=1S/C16H26N2OS2/c1-13(9-12-21-3)18(2)10-4-11-19-15-7-5-14(6-8-15)16(17)20/h5-8,13H,4,9-12H2,1-3H3,(H2,17,20). The molecule has 0 aromatic heterocycles. The molecule has 1 aromatic rings. The zero-order chi connectivity index (χ0) is 15.7. The van der Waals surface area contributed by atoms with Gasteiger partial charge in [0.25, 0.3) is 0 Å². The van der Waals surface area contributed by atoms with Crippen LogP contribution in [0.5, 0.6) is 5.75 Å². The summed E-state index contributed by atoms with van der Waals surface area (Å²) in [5.74, 6) is 2.09. The highest BCUT2D eigenvalue weighted by atomic mass is 32.2. The Bertz CT molecular complexity index is 423. The summed E-state index contributed by atoms with van der Waals surface area (Å²) in [6.07, 6.45) is 4.42. The molecular weight excluding hydrogens is 300 g/mol. The summed E-state index contributed by atoms with van der Waals surface area (Å²) >= 11 is 6.83. The van der Waals surface area contributed by atoms with E-state index in [0.29, 0.717) is 11.0 Å². The van der Waals surface area contributed by atoms with E-state index in [9.17, 15) is 0 Å². The Hall–Kier alpha value is -0.780. The number of nitrogens with zero attached hydrogens (tertiary/aromatic N) is 1. The van der Waals surface area contributed by atoms with Crippen LogP contribution in [-0.4, -0.2) is 48.1 Å². The molecule has 118 valence electrons. The second-order valence-corrected chi connectivity index (χ2v) is 6.63. The van der Waals surface area contributed by atoms with Crippen molar-refractivity contribution in [2.75, 3.05) is 32.2 Å². The van der Waals surface area contributed by atoms with Gasteiger partial charge < -0.3 is 15.4 Å². The molecule has 0 radical (unpaired) electrons. The zero-order valence-corrected chi connectivity index (χ0v) is 14.8. The minimum absolute atomic E-state index is 0.419. The summed E-state index contributed by atoms with van der Waals surface area (Å²) < 4.78 is 5.74. The number of rotatable bonds is 10. The molecule has 0 saturated carbocycles. The highest BCUT2D eigenvalue weighted by Gasteiger charge is 2.08. The zero-order valence-electron chi connectivity index (χ0n) is 13.2. The van der Waals surface area contributed by atoms with Crippen molar-refractivity contribution in [3.8, 4) is 5.75 Å². The van der Waals surface area contributed by atoms with Gasteiger partial charge in [0.15, 0.2) is 0 Å². The Balaban J connectivity index is 2.22. The lowest BCUT2D eigenvalue weighted by Gasteiger charge is -2.24. The molecular formula is C16H26N2OS2. The van der Waals surface area contributed by atoms with E-state index >= 15 is 0 Å². The average molecular weight is 327 g/mol. The normalized spacial score (nSPS) is 12.4. The lowest BCUT2D eigenvalue weighted by atomic mass is 10.2. The van der Waals surface area contributed by atoms with Crippen LogP contribution in [0.1, 0.15) is 25.3 Å². The predicted octanol–water partition coefficient (Wildman–Crippen LogP) is 3.16. The van der Waals surface area contributed by atoms with Gasteiger partial charge in [-0.3, -0.25) is 0 Å². The molecule has 0 fully saturated rings. The Morgan fingerprint density at radius 2 is 2.05 bits per heavy atom. The second-order valence-electron chi connectivity index (χ2n) is 5.20. The van der Waals surface area contributed by atoms with Crippen LogP contribution in [0.2, 0.25) is 0 Å². The molecule has 1 rings (SSSR count). The molecule has 0 spiro atoms. The summed E-state index contributed by atoms with van der Waals surface area (Å²) in [7, 11) is 2.18. The third kappa shape index (κ3) is 7.16. The van der Waals surface area contributed by atoms with Crippen LogP contribution in [0.25, 0.3) is 0 Å². The molecule has 0 amide bonds. The quantitative estimate of drug-likeness (QED) is 0.528. The SMILES string of the molecule is CSCCC(C)N(C)CCCOc1ccc(C(N)=S)cc1. The molecule has 1 atom stereocenters. The fourth-order valence-electron chi connectivity index (χ4n) is 1.95. The Morgan fingerprint density at radius 1 is 1.38 bits per heavy atom. The van der Waals surface area contributed by atoms with E-state index in [2.05, 4.69) is 25.1 Å². The van der Waals surface area contributed by atoms with Crippen LogP contribution in [0, 0.1) is 0 Å². The maximum absolute atomic E-state index is 5.74. The van der Waals surface area contributed by atoms with Gasteiger partial charge in [0.1, 0.15) is 10.7 Å². The highest BCUT2D eigenvalue weighted by molar-refractivity contribution is 7.98. The van der Waals surface area contributed by atoms with Crippen LogP contribution in [0.15, 0.2) is 24.3 Å². The van der Waals surface area contributed by atoms with Crippen LogP contribution >= 0.6 is 24.0 Å². The summed E-state index contributed by atoms with van der Waals surface area (Å²) in [5.41, 5.74) is 6.44. The van der Waals surface area contributed by atoms with Crippen molar-refractivity contribution in [2.45, 2.75) is 25.8 Å². The number of benzene rings is 1. The smallest absolute Gasteiger partial charge is 0.119 e. The van der Waals surface area contributed by atoms with Gasteiger partial charge in [-0.1, -0.05) is 12.2 Å². The lowest BCUT2D eigenvalue weighted by Crippen LogP contribution is -2.31. The van der Waals surface area contributed by atoms with E-state index in [4.69, 9.17) is 22.7 Å². The Labute approximate surface area is 138 Å². The van der Waals surface area contributed by atoms with E-state index in [-0.39, 0.29) is 0 Å². The first-order chi connectivity index (χ1) is 10.0. The van der Waals surface area contributed by atoms with Crippen LogP contribution in [-0.2, 0) is 0 Å². The number of thioether (sulfide) groups is 1. The summed E-state index contributed by atoms with van der Waals surface area (Å²) in [6, 6.07) is 8.25. The number of hydrogen-bond donors (Lipinski definition) is 1. The monoisotopic (exact) mass is 326 g/mol. The Morgan fingerprint density at radius 3 is 2.62 bits per heavy atom. The van der Waals surface area contributed by atoms with Crippen molar-refractivity contribution < 1.29 is 4.74 Å². The Kier molecular flexibility index (Phi) is 8.73. The van der Waals surface area contributed by atoms with Gasteiger partial charge in [0.2, 0.25) is 0 Å². The molecule has 0 aliphatic rings. The average Bonchev–Trinajstić information content (AvgIpc) is 2.49. The molecule has 2 N–H and O–H groups in total. The van der Waals surface area contributed by atoms with E-state index in [1.54, 1.807) is 0 Å². The molecule has 21 heavy (non-hydrogen) atoms. The molecule has 1 unspecified atom stereocenters. The van der Waals surface area contributed by atoms with Gasteiger partial charge in [0, 0.05) is 18.2 Å². The molecule has 1 aromatic carbocycles. The number of nitrogens with two attached hydrogens (primary N) is 1. The summed E-state index contributed by atoms with van der Waals surface area (Å²) in [5, 5.41) is 0. The molecule has 0 heterocycles. The van der Waals surface area contributed by atoms with Crippen molar-refractivity contribution in [3.63, 3.8) is 0 Å². The number of ether oxygens (including phenoxy) is 1. The summed E-state index contributed by atoms with van der Waals surface area (Å²) in [4.78, 5) is 2.82. The van der Waals surface area contributed by atoms with Crippen molar-refractivity contribution >= 4 is 29.0 Å². The first kappa shape index (κ1) is 18.3. The first-order valence-corrected chi connectivity index (χ1v) is 9.06. The van der Waals surface area contributed by atoms with Crippen LogP contribution in [0.4, 0.5) is 0 Å². The molecule has 0 aliphatic heterocycles. The third-order valence-corrected chi connectivity index (χ3v) is 4.43. The summed E-state index contributed by atoms with van der Waals surface area (Å²) in [6.45, 7) is 4.07. The molecule has 0 bridgehead atoms. The largest absolute Gasteiger partial charge is 0.494 e. The van der Waals surface area contributed by atoms with Gasteiger partial charge in [-0.2, -0.15) is 11.8 Å². The van der Waals surface area contributed by atoms with E-state index in [0.717, 1.165) is 30.9 Å². The maximum Gasteiger partial charge on any atom is 0.119 e. The van der Waals surface area contributed by atoms with Gasteiger partial charge >= 0.3 is 0 Å². The minimum Gasteiger partial charge on any atom is -0.494 e. The molecule has 0 saturated heterocycles. The maximum atomic E-state index is 5.74. The third-order valence-electron chi connectivity index (χ3n) is 3.55. The fraction of sp³-hybridized carbons (Fsp3) is 0.562. The van der Waals surface area contributed by atoms with Gasteiger partial charge in [0.05, 0.1) is 6.61 Å². The molecule has 0 aliphatic carbocycles.